The number of nitrogens with zero attached hydrogens (tertiary/aromatic N) is 3. The minimum absolute atomic E-state index is 0.210. The first-order valence-electron chi connectivity index (χ1n) is 8.39. The van der Waals surface area contributed by atoms with Gasteiger partial charge in [0.25, 0.3) is 6.43 Å². The predicted molar refractivity (Wildman–Crippen MR) is 91.2 cm³/mol. The maximum Gasteiger partial charge on any atom is 0.280 e. The van der Waals surface area contributed by atoms with E-state index in [2.05, 4.69) is 15.3 Å². The highest BCUT2D eigenvalue weighted by Crippen LogP contribution is 2.35. The number of fused-ring (bicyclic) bond motifs is 1. The number of pyridine rings is 1. The van der Waals surface area contributed by atoms with Crippen molar-refractivity contribution in [3.63, 3.8) is 0 Å². The summed E-state index contributed by atoms with van der Waals surface area (Å²) in [5.41, 5.74) is 1.78. The smallest absolute Gasteiger partial charge is 0.280 e. The lowest BCUT2D eigenvalue weighted by atomic mass is 10.0. The van der Waals surface area contributed by atoms with Crippen molar-refractivity contribution >= 4 is 16.6 Å². The van der Waals surface area contributed by atoms with Crippen LogP contribution in [0.2, 0.25) is 0 Å². The minimum atomic E-state index is -2.68. The van der Waals surface area contributed by atoms with Crippen LogP contribution in [-0.4, -0.2) is 23.3 Å². The van der Waals surface area contributed by atoms with Crippen molar-refractivity contribution in [2.24, 2.45) is 5.18 Å². The average Bonchev–Trinajstić information content (AvgIpc) is 3.10. The fraction of sp³-hybridized carbons (Fsp3) is 0.333. The molecule has 0 spiro atoms. The van der Waals surface area contributed by atoms with E-state index in [0.29, 0.717) is 24.3 Å². The van der Waals surface area contributed by atoms with E-state index in [4.69, 9.17) is 4.74 Å². The first kappa shape index (κ1) is 16.7. The van der Waals surface area contributed by atoms with Crippen molar-refractivity contribution in [1.82, 2.24) is 10.1 Å². The van der Waals surface area contributed by atoms with Crippen LogP contribution in [0, 0.1) is 4.91 Å². The van der Waals surface area contributed by atoms with Gasteiger partial charge in [0, 0.05) is 30.7 Å². The van der Waals surface area contributed by atoms with E-state index in [9.17, 15) is 13.7 Å². The van der Waals surface area contributed by atoms with Gasteiger partial charge in [0.1, 0.15) is 11.4 Å². The number of hydrogen-bond donors (Lipinski definition) is 1. The minimum Gasteiger partial charge on any atom is -0.381 e. The van der Waals surface area contributed by atoms with Gasteiger partial charge in [-0.3, -0.25) is 4.98 Å². The van der Waals surface area contributed by atoms with Gasteiger partial charge in [-0.05, 0) is 28.9 Å². The fourth-order valence-corrected chi connectivity index (χ4v) is 3.41. The maximum atomic E-state index is 13.0. The summed E-state index contributed by atoms with van der Waals surface area (Å²) in [5, 5.41) is 7.17. The molecule has 1 N–H and O–H groups in total. The van der Waals surface area contributed by atoms with E-state index in [1.807, 2.05) is 16.9 Å². The molecule has 3 heterocycles. The van der Waals surface area contributed by atoms with Crippen LogP contribution >= 0.6 is 0 Å². The quantitative estimate of drug-likeness (QED) is 0.560. The van der Waals surface area contributed by atoms with E-state index in [0.717, 1.165) is 23.7 Å². The van der Waals surface area contributed by atoms with Crippen LogP contribution in [0.25, 0.3) is 22.0 Å². The molecule has 26 heavy (non-hydrogen) atoms. The van der Waals surface area contributed by atoms with Crippen LogP contribution in [0.3, 0.4) is 0 Å². The number of benzene rings is 1. The molecule has 1 aromatic carbocycles. The second kappa shape index (κ2) is 6.87. The van der Waals surface area contributed by atoms with E-state index in [1.165, 1.54) is 12.3 Å². The summed E-state index contributed by atoms with van der Waals surface area (Å²) >= 11 is 0. The summed E-state index contributed by atoms with van der Waals surface area (Å²) in [4.78, 5) is 15.0. The molecule has 1 fully saturated rings. The van der Waals surface area contributed by atoms with Crippen molar-refractivity contribution < 1.29 is 18.2 Å². The Morgan fingerprint density at radius 1 is 1.27 bits per heavy atom. The number of H-pyrrole nitrogens is 1. The zero-order valence-electron chi connectivity index (χ0n) is 13.9. The Hall–Kier alpha value is -2.74. The van der Waals surface area contributed by atoms with Crippen LogP contribution in [0.15, 0.2) is 41.8 Å². The monoisotopic (exact) mass is 359 g/mol. The molecule has 0 radical (unpaired) electrons. The Bertz CT molecular complexity index is 952. The maximum absolute atomic E-state index is 13.0. The zero-order valence-corrected chi connectivity index (χ0v) is 13.9. The average molecular weight is 359 g/mol. The van der Waals surface area contributed by atoms with Gasteiger partial charge < -0.3 is 4.74 Å². The second-order valence-corrected chi connectivity index (χ2v) is 6.28. The lowest BCUT2D eigenvalue weighted by molar-refractivity contribution is -0.754. The third-order valence-electron chi connectivity index (χ3n) is 4.73. The molecule has 0 saturated carbocycles. The highest BCUT2D eigenvalue weighted by atomic mass is 19.3. The van der Waals surface area contributed by atoms with E-state index in [-0.39, 0.29) is 17.4 Å². The predicted octanol–water partition coefficient (Wildman–Crippen LogP) is 4.20. The Kier molecular flexibility index (Phi) is 4.42. The fourth-order valence-electron chi connectivity index (χ4n) is 3.41. The molecule has 1 saturated heterocycles. The van der Waals surface area contributed by atoms with Gasteiger partial charge in [-0.25, -0.2) is 8.78 Å². The number of alkyl halides is 2. The van der Waals surface area contributed by atoms with Gasteiger partial charge in [0.15, 0.2) is 6.04 Å². The number of aromatic amines is 1. The van der Waals surface area contributed by atoms with Crippen molar-refractivity contribution in [2.45, 2.75) is 25.3 Å². The first-order chi connectivity index (χ1) is 12.7. The number of ether oxygens (including phenoxy) is 1. The van der Waals surface area contributed by atoms with Crippen LogP contribution in [0.1, 0.15) is 31.0 Å². The Morgan fingerprint density at radius 2 is 2.08 bits per heavy atom. The number of halogens is 2. The van der Waals surface area contributed by atoms with Gasteiger partial charge in [-0.15, -0.1) is 9.59 Å². The topological polar surface area (TPSA) is 71.2 Å². The van der Waals surface area contributed by atoms with Crippen LogP contribution in [-0.2, 0) is 4.74 Å². The van der Waals surface area contributed by atoms with E-state index >= 15 is 0 Å². The second-order valence-electron chi connectivity index (χ2n) is 6.28. The summed E-state index contributed by atoms with van der Waals surface area (Å²) in [6, 6.07) is 6.66. The summed E-state index contributed by atoms with van der Waals surface area (Å²) in [7, 11) is 0. The molecule has 134 valence electrons. The van der Waals surface area contributed by atoms with Crippen molar-refractivity contribution in [3.8, 4) is 11.1 Å². The number of nitroso groups, excluding NO2 is 1. The van der Waals surface area contributed by atoms with Gasteiger partial charge >= 0.3 is 0 Å². The van der Waals surface area contributed by atoms with Crippen molar-refractivity contribution in [1.29, 1.82) is 0 Å². The SMILES string of the molecule is O=Nc1cc2c[nH][n+](C3CCOCC3)c2cc1-c1ccnc(C(F)F)c1. The number of aromatic nitrogens is 3. The Labute approximate surface area is 147 Å². The molecule has 0 amide bonds. The van der Waals surface area contributed by atoms with Crippen LogP contribution < -0.4 is 4.68 Å². The first-order valence-corrected chi connectivity index (χ1v) is 8.39. The third-order valence-corrected chi connectivity index (χ3v) is 4.73. The van der Waals surface area contributed by atoms with E-state index in [1.54, 1.807) is 12.1 Å². The molecule has 3 aromatic rings. The molecule has 1 aliphatic heterocycles. The van der Waals surface area contributed by atoms with Crippen molar-refractivity contribution in [2.75, 3.05) is 13.2 Å². The molecule has 0 atom stereocenters. The van der Waals surface area contributed by atoms with Crippen LogP contribution in [0.5, 0.6) is 0 Å². The van der Waals surface area contributed by atoms with Gasteiger partial charge in [-0.2, -0.15) is 5.10 Å². The molecular formula is C18H17F2N4O2+. The normalized spacial score (nSPS) is 15.7. The Morgan fingerprint density at radius 3 is 2.81 bits per heavy atom. The summed E-state index contributed by atoms with van der Waals surface area (Å²) in [6.07, 6.45) is 2.23. The number of nitrogens with one attached hydrogen (secondary N) is 1. The molecule has 0 aliphatic carbocycles. The zero-order chi connectivity index (χ0) is 18.1. The van der Waals surface area contributed by atoms with Gasteiger partial charge in [0.05, 0.1) is 24.8 Å². The molecule has 8 heteroatoms. The highest BCUT2D eigenvalue weighted by molar-refractivity contribution is 5.89. The van der Waals surface area contributed by atoms with Crippen LogP contribution in [0.4, 0.5) is 14.5 Å². The summed E-state index contributed by atoms with van der Waals surface area (Å²) in [6.45, 7) is 1.39. The lowest BCUT2D eigenvalue weighted by Gasteiger charge is -2.16. The van der Waals surface area contributed by atoms with E-state index < -0.39 is 6.43 Å². The number of rotatable bonds is 4. The molecule has 2 aromatic heterocycles. The summed E-state index contributed by atoms with van der Waals surface area (Å²) < 4.78 is 33.4. The summed E-state index contributed by atoms with van der Waals surface area (Å²) in [5.74, 6) is 0. The molecule has 0 unspecified atom stereocenters. The highest BCUT2D eigenvalue weighted by Gasteiger charge is 2.27. The molecule has 1 aliphatic rings. The Balaban J connectivity index is 1.85. The third kappa shape index (κ3) is 2.96. The largest absolute Gasteiger partial charge is 0.381 e. The van der Waals surface area contributed by atoms with Gasteiger partial charge in [0.2, 0.25) is 5.52 Å². The molecule has 0 bridgehead atoms. The molecule has 6 nitrogen and oxygen atoms in total. The molecular weight excluding hydrogens is 342 g/mol. The van der Waals surface area contributed by atoms with Gasteiger partial charge in [-0.1, -0.05) is 0 Å². The number of hydrogen-bond acceptors (Lipinski definition) is 4. The van der Waals surface area contributed by atoms with Crippen molar-refractivity contribution in [3.05, 3.63) is 47.3 Å². The standard InChI is InChI=1S/C18H16F2N4O2/c19-18(20)16-7-11(1-4-21-16)14-9-17-12(8-15(14)23-25)10-22-24(17)13-2-5-26-6-3-13/h1,4,7-10,13,18H,2-3,5-6H2/p+1. The molecule has 4 rings (SSSR count). The lowest BCUT2D eigenvalue weighted by Crippen LogP contribution is -2.44.